The van der Waals surface area contributed by atoms with Gasteiger partial charge in [-0.25, -0.2) is 0 Å². The molecule has 0 radical (unpaired) electrons. The lowest BCUT2D eigenvalue weighted by atomic mass is 9.85. The molecule has 1 aromatic carbocycles. The number of benzene rings is 1. The summed E-state index contributed by atoms with van der Waals surface area (Å²) in [6.45, 7) is 8.95. The first-order chi connectivity index (χ1) is 8.31. The molecule has 4 heteroatoms. The van der Waals surface area contributed by atoms with Gasteiger partial charge in [0.1, 0.15) is 0 Å². The fourth-order valence-electron chi connectivity index (χ4n) is 1.62. The summed E-state index contributed by atoms with van der Waals surface area (Å²) < 4.78 is 0. The fraction of sp³-hybridized carbons (Fsp3) is 0.500. The Hall–Kier alpha value is -1.22. The number of hydrogen-bond donors (Lipinski definition) is 2. The first kappa shape index (κ1) is 14.8. The number of rotatable bonds is 4. The molecule has 0 aliphatic carbocycles. The van der Waals surface area contributed by atoms with Gasteiger partial charge in [0, 0.05) is 16.5 Å². The van der Waals surface area contributed by atoms with Crippen LogP contribution in [-0.2, 0) is 5.41 Å². The highest BCUT2D eigenvalue weighted by Gasteiger charge is 2.20. The van der Waals surface area contributed by atoms with Crippen LogP contribution in [0.25, 0.3) is 0 Å². The lowest BCUT2D eigenvalue weighted by Crippen LogP contribution is -2.38. The first-order valence-corrected chi connectivity index (χ1v) is 6.51. The Balaban J connectivity index is 2.76. The monoisotopic (exact) mass is 267 g/mol. The minimum atomic E-state index is -0.0891. The van der Waals surface area contributed by atoms with Crippen molar-refractivity contribution in [3.63, 3.8) is 0 Å². The second-order valence-electron chi connectivity index (χ2n) is 5.39. The van der Waals surface area contributed by atoms with Crippen LogP contribution in [0.4, 0.5) is 0 Å². The van der Waals surface area contributed by atoms with Gasteiger partial charge in [-0.05, 0) is 31.5 Å². The predicted molar refractivity (Wildman–Crippen MR) is 79.2 cm³/mol. The smallest absolute Gasteiger partial charge is 0.188 e. The van der Waals surface area contributed by atoms with Crippen LogP contribution in [-0.4, -0.2) is 18.5 Å². The highest BCUT2D eigenvalue weighted by Crippen LogP contribution is 2.25. The Kier molecular flexibility index (Phi) is 5.03. The van der Waals surface area contributed by atoms with Gasteiger partial charge in [0.2, 0.25) is 0 Å². The molecule has 0 saturated carbocycles. The van der Waals surface area contributed by atoms with Crippen LogP contribution >= 0.6 is 11.6 Å². The zero-order valence-corrected chi connectivity index (χ0v) is 12.3. The third-order valence-electron chi connectivity index (χ3n) is 2.69. The van der Waals surface area contributed by atoms with E-state index in [2.05, 4.69) is 30.2 Å². The van der Waals surface area contributed by atoms with Gasteiger partial charge in [0.15, 0.2) is 5.96 Å². The maximum absolute atomic E-state index is 6.01. The van der Waals surface area contributed by atoms with Gasteiger partial charge in [0.05, 0.1) is 6.54 Å². The van der Waals surface area contributed by atoms with Gasteiger partial charge >= 0.3 is 0 Å². The Morgan fingerprint density at radius 3 is 2.67 bits per heavy atom. The Morgan fingerprint density at radius 1 is 1.44 bits per heavy atom. The van der Waals surface area contributed by atoms with Gasteiger partial charge < -0.3 is 11.1 Å². The van der Waals surface area contributed by atoms with Crippen molar-refractivity contribution in [3.05, 3.63) is 34.9 Å². The average molecular weight is 268 g/mol. The number of halogens is 1. The number of nitrogens with zero attached hydrogens (tertiary/aromatic N) is 1. The van der Waals surface area contributed by atoms with Crippen molar-refractivity contribution in [3.8, 4) is 0 Å². The molecule has 1 rings (SSSR count). The SMILES string of the molecule is CC(C)NC(N)=NCC(C)(C)c1cccc(Cl)c1. The van der Waals surface area contributed by atoms with Crippen molar-refractivity contribution in [2.45, 2.75) is 39.2 Å². The topological polar surface area (TPSA) is 50.4 Å². The second kappa shape index (κ2) is 6.10. The van der Waals surface area contributed by atoms with E-state index in [-0.39, 0.29) is 5.41 Å². The largest absolute Gasteiger partial charge is 0.370 e. The summed E-state index contributed by atoms with van der Waals surface area (Å²) in [6.07, 6.45) is 0. The van der Waals surface area contributed by atoms with E-state index >= 15 is 0 Å². The summed E-state index contributed by atoms with van der Waals surface area (Å²) in [4.78, 5) is 4.38. The van der Waals surface area contributed by atoms with Crippen molar-refractivity contribution >= 4 is 17.6 Å². The zero-order chi connectivity index (χ0) is 13.8. The molecule has 0 fully saturated rings. The van der Waals surface area contributed by atoms with Gasteiger partial charge in [-0.2, -0.15) is 0 Å². The lowest BCUT2D eigenvalue weighted by molar-refractivity contribution is 0.538. The summed E-state index contributed by atoms with van der Waals surface area (Å²) in [6, 6.07) is 8.16. The maximum Gasteiger partial charge on any atom is 0.188 e. The van der Waals surface area contributed by atoms with E-state index in [9.17, 15) is 0 Å². The van der Waals surface area contributed by atoms with Crippen molar-refractivity contribution in [2.75, 3.05) is 6.54 Å². The Bertz CT molecular complexity index is 425. The van der Waals surface area contributed by atoms with Crippen LogP contribution in [0.15, 0.2) is 29.3 Å². The van der Waals surface area contributed by atoms with Crippen molar-refractivity contribution in [2.24, 2.45) is 10.7 Å². The highest BCUT2D eigenvalue weighted by atomic mass is 35.5. The highest BCUT2D eigenvalue weighted by molar-refractivity contribution is 6.30. The van der Waals surface area contributed by atoms with Crippen molar-refractivity contribution in [1.82, 2.24) is 5.32 Å². The summed E-state index contributed by atoms with van der Waals surface area (Å²) in [5.74, 6) is 0.486. The molecule has 0 aromatic heterocycles. The van der Waals surface area contributed by atoms with E-state index in [0.717, 1.165) is 10.6 Å². The molecule has 0 amide bonds. The van der Waals surface area contributed by atoms with Crippen LogP contribution in [0.5, 0.6) is 0 Å². The Morgan fingerprint density at radius 2 is 2.11 bits per heavy atom. The molecule has 0 saturated heterocycles. The molecule has 0 heterocycles. The summed E-state index contributed by atoms with van der Waals surface area (Å²) >= 11 is 6.01. The molecule has 0 spiro atoms. The normalized spacial score (nSPS) is 12.9. The number of guanidine groups is 1. The van der Waals surface area contributed by atoms with E-state index < -0.39 is 0 Å². The second-order valence-corrected chi connectivity index (χ2v) is 5.83. The number of nitrogens with one attached hydrogen (secondary N) is 1. The number of hydrogen-bond acceptors (Lipinski definition) is 1. The molecule has 0 aliphatic rings. The molecule has 18 heavy (non-hydrogen) atoms. The third-order valence-corrected chi connectivity index (χ3v) is 2.92. The lowest BCUT2D eigenvalue weighted by Gasteiger charge is -2.23. The van der Waals surface area contributed by atoms with Crippen LogP contribution in [0.3, 0.4) is 0 Å². The van der Waals surface area contributed by atoms with Crippen LogP contribution in [0.2, 0.25) is 5.02 Å². The van der Waals surface area contributed by atoms with Gasteiger partial charge in [0.25, 0.3) is 0 Å². The van der Waals surface area contributed by atoms with Crippen molar-refractivity contribution in [1.29, 1.82) is 0 Å². The molecular formula is C14H22ClN3. The van der Waals surface area contributed by atoms with E-state index in [1.165, 1.54) is 0 Å². The number of aliphatic imine (C=N–C) groups is 1. The quantitative estimate of drug-likeness (QED) is 0.651. The molecule has 0 unspecified atom stereocenters. The minimum absolute atomic E-state index is 0.0891. The summed E-state index contributed by atoms with van der Waals surface area (Å²) in [5, 5.41) is 3.83. The summed E-state index contributed by atoms with van der Waals surface area (Å²) in [5.41, 5.74) is 6.88. The van der Waals surface area contributed by atoms with Gasteiger partial charge in [-0.3, -0.25) is 4.99 Å². The first-order valence-electron chi connectivity index (χ1n) is 6.14. The molecule has 0 aliphatic heterocycles. The van der Waals surface area contributed by atoms with Crippen LogP contribution in [0, 0.1) is 0 Å². The van der Waals surface area contributed by atoms with Gasteiger partial charge in [-0.1, -0.05) is 37.6 Å². The molecule has 3 N–H and O–H groups in total. The Labute approximate surface area is 114 Å². The molecular weight excluding hydrogens is 246 g/mol. The number of nitrogens with two attached hydrogens (primary N) is 1. The molecule has 1 aromatic rings. The van der Waals surface area contributed by atoms with Crippen molar-refractivity contribution < 1.29 is 0 Å². The molecule has 100 valence electrons. The fourth-order valence-corrected chi connectivity index (χ4v) is 1.82. The van der Waals surface area contributed by atoms with Crippen LogP contribution in [0.1, 0.15) is 33.3 Å². The average Bonchev–Trinajstić information content (AvgIpc) is 2.26. The molecule has 0 atom stereocenters. The standard InChI is InChI=1S/C14H22ClN3/c1-10(2)18-13(16)17-9-14(3,4)11-6-5-7-12(15)8-11/h5-8,10H,9H2,1-4H3,(H3,16,17,18). The summed E-state index contributed by atoms with van der Waals surface area (Å²) in [7, 11) is 0. The molecule has 0 bridgehead atoms. The predicted octanol–water partition coefficient (Wildman–Crippen LogP) is 2.93. The van der Waals surface area contributed by atoms with E-state index in [0.29, 0.717) is 18.5 Å². The van der Waals surface area contributed by atoms with E-state index in [1.807, 2.05) is 32.0 Å². The third kappa shape index (κ3) is 4.57. The van der Waals surface area contributed by atoms with E-state index in [4.69, 9.17) is 17.3 Å². The van der Waals surface area contributed by atoms with Gasteiger partial charge in [-0.15, -0.1) is 0 Å². The van der Waals surface area contributed by atoms with E-state index in [1.54, 1.807) is 0 Å². The minimum Gasteiger partial charge on any atom is -0.370 e. The zero-order valence-electron chi connectivity index (χ0n) is 11.5. The molecule has 3 nitrogen and oxygen atoms in total. The maximum atomic E-state index is 6.01. The van der Waals surface area contributed by atoms with Crippen LogP contribution < -0.4 is 11.1 Å².